The minimum atomic E-state index is 0.404. The van der Waals surface area contributed by atoms with Gasteiger partial charge in [0.15, 0.2) is 0 Å². The van der Waals surface area contributed by atoms with Gasteiger partial charge in [-0.25, -0.2) is 0 Å². The Morgan fingerprint density at radius 2 is 2.38 bits per heavy atom. The molecule has 4 nitrogen and oxygen atoms in total. The molecule has 0 bridgehead atoms. The Hall–Kier alpha value is -0.940. The summed E-state index contributed by atoms with van der Waals surface area (Å²) in [6.45, 7) is 4.13. The maximum absolute atomic E-state index is 5.71. The lowest BCUT2D eigenvalue weighted by Gasteiger charge is -2.32. The van der Waals surface area contributed by atoms with Crippen LogP contribution in [0, 0.1) is 5.92 Å². The predicted molar refractivity (Wildman–Crippen MR) is 68.2 cm³/mol. The van der Waals surface area contributed by atoms with Crippen LogP contribution in [0.1, 0.15) is 12.8 Å². The Balaban J connectivity index is 1.79. The van der Waals surface area contributed by atoms with Crippen LogP contribution in [0.4, 0.5) is 0 Å². The van der Waals surface area contributed by atoms with Gasteiger partial charge < -0.3 is 10.6 Å². The first-order valence-electron chi connectivity index (χ1n) is 5.75. The van der Waals surface area contributed by atoms with Gasteiger partial charge in [-0.05, 0) is 25.5 Å². The first-order chi connectivity index (χ1) is 7.75. The van der Waals surface area contributed by atoms with Crippen molar-refractivity contribution in [1.82, 2.24) is 14.7 Å². The second-order valence-electron chi connectivity index (χ2n) is 4.31. The number of likely N-dealkylation sites (tertiary alicyclic amines) is 1. The molecule has 0 saturated carbocycles. The van der Waals surface area contributed by atoms with E-state index in [0.29, 0.717) is 10.9 Å². The normalized spacial score (nSPS) is 22.1. The summed E-state index contributed by atoms with van der Waals surface area (Å²) in [6, 6.07) is 1.95. The molecule has 1 aliphatic rings. The lowest BCUT2D eigenvalue weighted by molar-refractivity contribution is 0.195. The van der Waals surface area contributed by atoms with Crippen LogP contribution >= 0.6 is 12.2 Å². The molecule has 1 aromatic heterocycles. The average Bonchev–Trinajstić information content (AvgIpc) is 2.79. The molecule has 0 amide bonds. The number of rotatable bonds is 4. The lowest BCUT2D eigenvalue weighted by atomic mass is 9.98. The maximum atomic E-state index is 5.71. The van der Waals surface area contributed by atoms with Gasteiger partial charge in [0.2, 0.25) is 0 Å². The Labute approximate surface area is 101 Å². The highest BCUT2D eigenvalue weighted by molar-refractivity contribution is 7.80. The molecule has 1 unspecified atom stereocenters. The Kier molecular flexibility index (Phi) is 3.90. The maximum Gasteiger partial charge on any atom is 0.0771 e. The largest absolute Gasteiger partial charge is 0.393 e. The van der Waals surface area contributed by atoms with Gasteiger partial charge in [0, 0.05) is 31.4 Å². The predicted octanol–water partition coefficient (Wildman–Crippen LogP) is 0.881. The molecular weight excluding hydrogens is 220 g/mol. The first kappa shape index (κ1) is 11.5. The van der Waals surface area contributed by atoms with Crippen LogP contribution in [-0.4, -0.2) is 39.3 Å². The van der Waals surface area contributed by atoms with Gasteiger partial charge in [0.1, 0.15) is 0 Å². The molecule has 0 aliphatic carbocycles. The van der Waals surface area contributed by atoms with E-state index in [1.54, 1.807) is 0 Å². The summed E-state index contributed by atoms with van der Waals surface area (Å²) in [5.41, 5.74) is 5.71. The third-order valence-electron chi connectivity index (χ3n) is 3.11. The Bertz CT molecular complexity index is 336. The van der Waals surface area contributed by atoms with Crippen molar-refractivity contribution in [2.45, 2.75) is 19.4 Å². The number of hydrogen-bond acceptors (Lipinski definition) is 3. The Morgan fingerprint density at radius 1 is 1.50 bits per heavy atom. The van der Waals surface area contributed by atoms with Crippen LogP contribution < -0.4 is 5.73 Å². The van der Waals surface area contributed by atoms with Gasteiger partial charge in [0.25, 0.3) is 0 Å². The van der Waals surface area contributed by atoms with E-state index in [0.717, 1.165) is 32.6 Å². The number of hydrogen-bond donors (Lipinski definition) is 1. The van der Waals surface area contributed by atoms with Gasteiger partial charge in [-0.1, -0.05) is 12.2 Å². The van der Waals surface area contributed by atoms with Crippen LogP contribution in [0.5, 0.6) is 0 Å². The fraction of sp³-hybridized carbons (Fsp3) is 0.636. The van der Waals surface area contributed by atoms with Crippen LogP contribution in [0.25, 0.3) is 0 Å². The minimum Gasteiger partial charge on any atom is -0.393 e. The molecule has 1 aliphatic heterocycles. The number of nitrogens with zero attached hydrogens (tertiary/aromatic N) is 3. The third-order valence-corrected chi connectivity index (χ3v) is 3.45. The van der Waals surface area contributed by atoms with Gasteiger partial charge in [-0.2, -0.15) is 5.10 Å². The standard InChI is InChI=1S/C11H18N4S/c12-11(16)10-3-1-5-14(9-10)7-8-15-6-2-4-13-15/h2,4,6,10H,1,3,5,7-9H2,(H2,12,16). The molecule has 1 atom stereocenters. The molecule has 1 saturated heterocycles. The first-order valence-corrected chi connectivity index (χ1v) is 6.15. The second kappa shape index (κ2) is 5.41. The molecule has 1 aromatic rings. The van der Waals surface area contributed by atoms with Crippen LogP contribution in [0.3, 0.4) is 0 Å². The smallest absolute Gasteiger partial charge is 0.0771 e. The minimum absolute atomic E-state index is 0.404. The van der Waals surface area contributed by atoms with Crippen molar-refractivity contribution in [3.8, 4) is 0 Å². The number of nitrogens with two attached hydrogens (primary N) is 1. The molecule has 5 heteroatoms. The molecule has 88 valence electrons. The van der Waals surface area contributed by atoms with E-state index in [2.05, 4.69) is 10.00 Å². The van der Waals surface area contributed by atoms with Gasteiger partial charge in [-0.15, -0.1) is 0 Å². The summed E-state index contributed by atoms with van der Waals surface area (Å²) in [5.74, 6) is 0.404. The summed E-state index contributed by atoms with van der Waals surface area (Å²) in [4.78, 5) is 3.10. The van der Waals surface area contributed by atoms with E-state index >= 15 is 0 Å². The topological polar surface area (TPSA) is 47.1 Å². The van der Waals surface area contributed by atoms with Crippen LogP contribution in [-0.2, 0) is 6.54 Å². The number of thiocarbonyl (C=S) groups is 1. The van der Waals surface area contributed by atoms with Gasteiger partial charge in [-0.3, -0.25) is 4.68 Å². The molecule has 0 aromatic carbocycles. The zero-order chi connectivity index (χ0) is 11.4. The molecule has 1 fully saturated rings. The molecule has 2 N–H and O–H groups in total. The van der Waals surface area contributed by atoms with Crippen molar-refractivity contribution < 1.29 is 0 Å². The SMILES string of the molecule is NC(=S)C1CCCN(CCn2cccn2)C1. The highest BCUT2D eigenvalue weighted by Crippen LogP contribution is 2.16. The highest BCUT2D eigenvalue weighted by atomic mass is 32.1. The summed E-state index contributed by atoms with van der Waals surface area (Å²) in [6.07, 6.45) is 6.15. The summed E-state index contributed by atoms with van der Waals surface area (Å²) < 4.78 is 1.96. The zero-order valence-electron chi connectivity index (χ0n) is 9.38. The van der Waals surface area contributed by atoms with Gasteiger partial charge in [0.05, 0.1) is 11.5 Å². The molecule has 2 heterocycles. The van der Waals surface area contributed by atoms with Crippen LogP contribution in [0.2, 0.25) is 0 Å². The number of piperidine rings is 1. The summed E-state index contributed by atoms with van der Waals surface area (Å²) in [5, 5.41) is 4.19. The van der Waals surface area contributed by atoms with Gasteiger partial charge >= 0.3 is 0 Å². The van der Waals surface area contributed by atoms with Crippen molar-refractivity contribution in [3.63, 3.8) is 0 Å². The van der Waals surface area contributed by atoms with Crippen LogP contribution in [0.15, 0.2) is 18.5 Å². The third kappa shape index (κ3) is 3.02. The average molecular weight is 238 g/mol. The zero-order valence-corrected chi connectivity index (χ0v) is 10.2. The van der Waals surface area contributed by atoms with E-state index in [1.807, 2.05) is 23.1 Å². The highest BCUT2D eigenvalue weighted by Gasteiger charge is 2.21. The molecule has 16 heavy (non-hydrogen) atoms. The number of aromatic nitrogens is 2. The molecule has 0 spiro atoms. The molecular formula is C11H18N4S. The van der Waals surface area contributed by atoms with E-state index in [1.165, 1.54) is 6.42 Å². The van der Waals surface area contributed by atoms with Crippen molar-refractivity contribution >= 4 is 17.2 Å². The monoisotopic (exact) mass is 238 g/mol. The summed E-state index contributed by atoms with van der Waals surface area (Å²) >= 11 is 5.07. The fourth-order valence-corrected chi connectivity index (χ4v) is 2.36. The van der Waals surface area contributed by atoms with Crippen molar-refractivity contribution in [2.75, 3.05) is 19.6 Å². The van der Waals surface area contributed by atoms with Crippen molar-refractivity contribution in [3.05, 3.63) is 18.5 Å². The van der Waals surface area contributed by atoms with E-state index in [-0.39, 0.29) is 0 Å². The summed E-state index contributed by atoms with van der Waals surface area (Å²) in [7, 11) is 0. The quantitative estimate of drug-likeness (QED) is 0.791. The molecule has 0 radical (unpaired) electrons. The fourth-order valence-electron chi connectivity index (χ4n) is 2.17. The Morgan fingerprint density at radius 3 is 3.06 bits per heavy atom. The van der Waals surface area contributed by atoms with E-state index in [9.17, 15) is 0 Å². The lowest BCUT2D eigenvalue weighted by Crippen LogP contribution is -2.41. The van der Waals surface area contributed by atoms with Crippen molar-refractivity contribution in [2.24, 2.45) is 11.7 Å². The molecule has 2 rings (SSSR count). The van der Waals surface area contributed by atoms with E-state index in [4.69, 9.17) is 18.0 Å². The second-order valence-corrected chi connectivity index (χ2v) is 4.78. The van der Waals surface area contributed by atoms with E-state index < -0.39 is 0 Å². The van der Waals surface area contributed by atoms with Crippen molar-refractivity contribution in [1.29, 1.82) is 0 Å².